The number of ether oxygens (including phenoxy) is 3. The Bertz CT molecular complexity index is 1690. The zero-order chi connectivity index (χ0) is 31.0. The first kappa shape index (κ1) is 30.2. The molecule has 13 heteroatoms. The fourth-order valence-corrected chi connectivity index (χ4v) is 6.05. The van der Waals surface area contributed by atoms with Gasteiger partial charge in [-0.3, -0.25) is 9.69 Å². The normalized spacial score (nSPS) is 17.5. The number of hydrogen-bond donors (Lipinski definition) is 0. The van der Waals surface area contributed by atoms with Gasteiger partial charge in [-0.2, -0.15) is 13.2 Å². The number of rotatable bonds is 7. The highest BCUT2D eigenvalue weighted by atomic mass is 35.5. The fourth-order valence-electron chi connectivity index (χ4n) is 5.79. The molecule has 2 aliphatic heterocycles. The lowest BCUT2D eigenvalue weighted by atomic mass is 9.93. The number of morpholine rings is 1. The number of methoxy groups -OCH3 is 1. The van der Waals surface area contributed by atoms with Crippen LogP contribution in [0.4, 0.5) is 13.2 Å². The molecule has 9 nitrogen and oxygen atoms in total. The smallest absolute Gasteiger partial charge is 0.416 e. The van der Waals surface area contributed by atoms with Crippen molar-refractivity contribution in [3.8, 4) is 11.6 Å². The molecule has 232 valence electrons. The number of hydrogen-bond acceptors (Lipinski definition) is 7. The van der Waals surface area contributed by atoms with Crippen LogP contribution in [0.2, 0.25) is 5.02 Å². The third kappa shape index (κ3) is 6.06. The van der Waals surface area contributed by atoms with E-state index in [0.29, 0.717) is 53.2 Å². The lowest BCUT2D eigenvalue weighted by molar-refractivity contribution is -0.137. The lowest BCUT2D eigenvalue weighted by Gasteiger charge is -2.36. The molecule has 1 amide bonds. The maximum atomic E-state index is 13.8. The molecule has 0 saturated carbocycles. The van der Waals surface area contributed by atoms with Crippen molar-refractivity contribution >= 4 is 23.2 Å². The van der Waals surface area contributed by atoms with Gasteiger partial charge in [0.1, 0.15) is 17.4 Å². The Hall–Kier alpha value is -3.87. The molecule has 0 bridgehead atoms. The van der Waals surface area contributed by atoms with Crippen LogP contribution in [0.25, 0.3) is 5.65 Å². The molecule has 44 heavy (non-hydrogen) atoms. The number of aryl methyl sites for hydroxylation is 1. The van der Waals surface area contributed by atoms with Crippen molar-refractivity contribution in [3.05, 3.63) is 87.5 Å². The third-order valence-corrected chi connectivity index (χ3v) is 8.33. The van der Waals surface area contributed by atoms with Gasteiger partial charge in [0.05, 0.1) is 42.3 Å². The van der Waals surface area contributed by atoms with Crippen LogP contribution in [-0.4, -0.2) is 76.6 Å². The number of halogens is 4. The number of fused-ring (bicyclic) bond motifs is 3. The van der Waals surface area contributed by atoms with E-state index in [9.17, 15) is 18.0 Å². The molecule has 3 aromatic heterocycles. The van der Waals surface area contributed by atoms with E-state index in [2.05, 4.69) is 14.9 Å². The van der Waals surface area contributed by atoms with Gasteiger partial charge in [-0.15, -0.1) is 0 Å². The molecule has 0 N–H and O–H groups in total. The van der Waals surface area contributed by atoms with E-state index in [1.165, 1.54) is 13.3 Å². The van der Waals surface area contributed by atoms with Crippen molar-refractivity contribution < 1.29 is 32.2 Å². The summed E-state index contributed by atoms with van der Waals surface area (Å²) in [6.07, 6.45) is -1.17. The number of amides is 1. The first-order valence-electron chi connectivity index (χ1n) is 14.2. The molecule has 1 saturated heterocycles. The molecule has 5 heterocycles. The summed E-state index contributed by atoms with van der Waals surface area (Å²) in [7, 11) is 1.51. The molecule has 1 fully saturated rings. The number of nitrogens with zero attached hydrogens (tertiary/aromatic N) is 5. The standard InChI is InChI=1S/C31H31ClF3N5O4/c1-19-13-27(42-2)36-16-22(19)29-30-24(37-26-15-21(31(33,34)35)5-7-39(26)30)6-8-40(29)28(41)18-44-25-4-3-20(14-23(25)32)17-38-9-11-43-12-10-38/h3-5,7,13-16,29H,6,8-12,17-18H2,1-2H3. The van der Waals surface area contributed by atoms with Crippen LogP contribution in [0.1, 0.15) is 39.7 Å². The number of aromatic nitrogens is 3. The van der Waals surface area contributed by atoms with Crippen molar-refractivity contribution in [2.45, 2.75) is 32.1 Å². The Balaban J connectivity index is 1.28. The zero-order valence-electron chi connectivity index (χ0n) is 24.2. The highest BCUT2D eigenvalue weighted by Gasteiger charge is 2.38. The SMILES string of the molecule is COc1cc(C)c(C2c3c(nc4cc(C(F)(F)F)ccn34)CCN2C(=O)COc2ccc(CN3CCOCC3)cc2Cl)cn1. The predicted molar refractivity (Wildman–Crippen MR) is 156 cm³/mol. The van der Waals surface area contributed by atoms with E-state index in [1.54, 1.807) is 27.6 Å². The van der Waals surface area contributed by atoms with Crippen molar-refractivity contribution in [3.63, 3.8) is 0 Å². The van der Waals surface area contributed by atoms with Crippen LogP contribution in [-0.2, 0) is 28.7 Å². The van der Waals surface area contributed by atoms with Crippen LogP contribution < -0.4 is 9.47 Å². The Morgan fingerprint density at radius 3 is 2.64 bits per heavy atom. The highest BCUT2D eigenvalue weighted by Crippen LogP contribution is 2.39. The maximum absolute atomic E-state index is 13.8. The summed E-state index contributed by atoms with van der Waals surface area (Å²) >= 11 is 6.55. The predicted octanol–water partition coefficient (Wildman–Crippen LogP) is 5.10. The van der Waals surface area contributed by atoms with E-state index in [4.69, 9.17) is 25.8 Å². The minimum atomic E-state index is -4.51. The highest BCUT2D eigenvalue weighted by molar-refractivity contribution is 6.32. The Kier molecular flexibility index (Phi) is 8.40. The Morgan fingerprint density at radius 2 is 1.93 bits per heavy atom. The van der Waals surface area contributed by atoms with Crippen LogP contribution in [0.5, 0.6) is 11.6 Å². The number of alkyl halides is 3. The lowest BCUT2D eigenvalue weighted by Crippen LogP contribution is -2.43. The number of benzene rings is 1. The first-order chi connectivity index (χ1) is 21.1. The van der Waals surface area contributed by atoms with Gasteiger partial charge in [-0.1, -0.05) is 17.7 Å². The molecule has 0 aliphatic carbocycles. The molecular formula is C31H31ClF3N5O4. The largest absolute Gasteiger partial charge is 0.482 e. The van der Waals surface area contributed by atoms with Crippen LogP contribution in [0, 0.1) is 6.92 Å². The Morgan fingerprint density at radius 1 is 1.14 bits per heavy atom. The molecule has 4 aromatic rings. The number of pyridine rings is 2. The topological polar surface area (TPSA) is 81.4 Å². The second kappa shape index (κ2) is 12.3. The molecule has 6 rings (SSSR count). The summed E-state index contributed by atoms with van der Waals surface area (Å²) < 4.78 is 58.6. The van der Waals surface area contributed by atoms with Crippen LogP contribution >= 0.6 is 11.6 Å². The van der Waals surface area contributed by atoms with E-state index in [1.807, 2.05) is 19.1 Å². The first-order valence-corrected chi connectivity index (χ1v) is 14.6. The molecule has 2 aliphatic rings. The summed E-state index contributed by atoms with van der Waals surface area (Å²) in [5.74, 6) is 0.478. The summed E-state index contributed by atoms with van der Waals surface area (Å²) in [4.78, 5) is 26.6. The third-order valence-electron chi connectivity index (χ3n) is 8.03. The van der Waals surface area contributed by atoms with E-state index in [-0.39, 0.29) is 24.7 Å². The van der Waals surface area contributed by atoms with Gasteiger partial charge in [0.15, 0.2) is 6.61 Å². The van der Waals surface area contributed by atoms with Gasteiger partial charge in [-0.25, -0.2) is 9.97 Å². The minimum Gasteiger partial charge on any atom is -0.482 e. The van der Waals surface area contributed by atoms with Gasteiger partial charge >= 0.3 is 6.18 Å². The number of imidazole rings is 1. The van der Waals surface area contributed by atoms with E-state index >= 15 is 0 Å². The van der Waals surface area contributed by atoms with Gasteiger partial charge in [0, 0.05) is 56.6 Å². The van der Waals surface area contributed by atoms with Gasteiger partial charge in [-0.05, 0) is 42.3 Å². The van der Waals surface area contributed by atoms with Crippen LogP contribution in [0.15, 0.2) is 48.8 Å². The van der Waals surface area contributed by atoms with Gasteiger partial charge in [0.2, 0.25) is 5.88 Å². The van der Waals surface area contributed by atoms with Crippen molar-refractivity contribution in [1.29, 1.82) is 0 Å². The average molecular weight is 630 g/mol. The van der Waals surface area contributed by atoms with Gasteiger partial charge in [0.25, 0.3) is 5.91 Å². The van der Waals surface area contributed by atoms with Crippen molar-refractivity contribution in [2.75, 3.05) is 46.6 Å². The monoisotopic (exact) mass is 629 g/mol. The maximum Gasteiger partial charge on any atom is 0.416 e. The molecule has 0 radical (unpaired) electrons. The molecule has 1 aromatic carbocycles. The minimum absolute atomic E-state index is 0.156. The average Bonchev–Trinajstić information content (AvgIpc) is 3.38. The number of carbonyl (C=O) groups is 1. The van der Waals surface area contributed by atoms with Crippen molar-refractivity contribution in [2.24, 2.45) is 0 Å². The second-order valence-electron chi connectivity index (χ2n) is 10.9. The molecular weight excluding hydrogens is 599 g/mol. The fraction of sp³-hybridized carbons (Fsp3) is 0.387. The van der Waals surface area contributed by atoms with E-state index in [0.717, 1.165) is 42.9 Å². The van der Waals surface area contributed by atoms with Gasteiger partial charge < -0.3 is 23.5 Å². The summed E-state index contributed by atoms with van der Waals surface area (Å²) in [5.41, 5.74) is 3.12. The molecule has 1 atom stereocenters. The second-order valence-corrected chi connectivity index (χ2v) is 11.3. The quantitative estimate of drug-likeness (QED) is 0.281. The molecule has 0 spiro atoms. The summed E-state index contributed by atoms with van der Waals surface area (Å²) in [6.45, 7) is 5.71. The zero-order valence-corrected chi connectivity index (χ0v) is 25.0. The molecule has 1 unspecified atom stereocenters. The van der Waals surface area contributed by atoms with Crippen LogP contribution in [0.3, 0.4) is 0 Å². The Labute approximate surface area is 257 Å². The summed E-state index contributed by atoms with van der Waals surface area (Å²) in [5, 5.41) is 0.401. The van der Waals surface area contributed by atoms with Crippen molar-refractivity contribution in [1.82, 2.24) is 24.2 Å². The number of carbonyl (C=O) groups excluding carboxylic acids is 1. The summed E-state index contributed by atoms with van der Waals surface area (Å²) in [6, 6.07) is 8.65. The van der Waals surface area contributed by atoms with E-state index < -0.39 is 17.8 Å².